The summed E-state index contributed by atoms with van der Waals surface area (Å²) in [7, 11) is 1.39. The zero-order chi connectivity index (χ0) is 13.9. The molecule has 0 spiro atoms. The summed E-state index contributed by atoms with van der Waals surface area (Å²) < 4.78 is 10.8. The van der Waals surface area contributed by atoms with Crippen LogP contribution in [0.25, 0.3) is 0 Å². The van der Waals surface area contributed by atoms with Gasteiger partial charge in [0.2, 0.25) is 0 Å². The lowest BCUT2D eigenvalue weighted by Crippen LogP contribution is -2.32. The minimum Gasteiger partial charge on any atom is -0.464 e. The van der Waals surface area contributed by atoms with Gasteiger partial charge in [-0.1, -0.05) is 19.3 Å². The van der Waals surface area contributed by atoms with Crippen LogP contribution in [-0.2, 0) is 15.1 Å². The molecule has 4 nitrogen and oxygen atoms in total. The normalized spacial score (nSPS) is 18.3. The highest BCUT2D eigenvalue weighted by molar-refractivity contribution is 7.12. The number of rotatable bonds is 4. The van der Waals surface area contributed by atoms with E-state index in [0.29, 0.717) is 12.3 Å². The third-order valence-corrected chi connectivity index (χ3v) is 4.80. The van der Waals surface area contributed by atoms with Crippen LogP contribution >= 0.6 is 11.3 Å². The average Bonchev–Trinajstić information content (AvgIpc) is 2.82. The summed E-state index contributed by atoms with van der Waals surface area (Å²) in [6, 6.07) is 0. The molecule has 106 valence electrons. The Morgan fingerprint density at radius 1 is 1.37 bits per heavy atom. The van der Waals surface area contributed by atoms with E-state index in [1.165, 1.54) is 13.5 Å². The van der Waals surface area contributed by atoms with Gasteiger partial charge in [0.25, 0.3) is 0 Å². The fraction of sp³-hybridized carbons (Fsp3) is 0.714. The first-order valence-corrected chi connectivity index (χ1v) is 7.65. The Balaban J connectivity index is 2.34. The lowest BCUT2D eigenvalue weighted by molar-refractivity contribution is -0.0705. The lowest BCUT2D eigenvalue weighted by Gasteiger charge is -2.35. The highest BCUT2D eigenvalue weighted by atomic mass is 32.1. The molecular weight excluding hydrogens is 262 g/mol. The van der Waals surface area contributed by atoms with E-state index in [0.717, 1.165) is 35.6 Å². The average molecular weight is 283 g/mol. The van der Waals surface area contributed by atoms with Crippen molar-refractivity contribution in [3.8, 4) is 0 Å². The fourth-order valence-corrected chi connectivity index (χ4v) is 3.80. The molecule has 0 amide bonds. The maximum atomic E-state index is 11.7. The summed E-state index contributed by atoms with van der Waals surface area (Å²) in [6.45, 7) is 4.60. The number of esters is 1. The van der Waals surface area contributed by atoms with Crippen LogP contribution in [0, 0.1) is 6.92 Å². The van der Waals surface area contributed by atoms with E-state index in [2.05, 4.69) is 4.98 Å². The first-order valence-electron chi connectivity index (χ1n) is 6.83. The predicted molar refractivity (Wildman–Crippen MR) is 74.6 cm³/mol. The van der Waals surface area contributed by atoms with Gasteiger partial charge >= 0.3 is 5.97 Å². The molecule has 1 heterocycles. The standard InChI is InChI=1S/C14H21NO3S/c1-4-18-14(8-6-5-7-9-14)13-15-11(10(2)19-13)12(16)17-3/h4-9H2,1-3H3. The van der Waals surface area contributed by atoms with E-state index in [1.807, 2.05) is 13.8 Å². The third-order valence-electron chi connectivity index (χ3n) is 3.65. The molecule has 1 saturated carbocycles. The molecule has 1 aromatic heterocycles. The van der Waals surface area contributed by atoms with Crippen LogP contribution in [0.15, 0.2) is 0 Å². The van der Waals surface area contributed by atoms with Gasteiger partial charge in [0.05, 0.1) is 7.11 Å². The first kappa shape index (κ1) is 14.5. The second-order valence-electron chi connectivity index (χ2n) is 4.90. The summed E-state index contributed by atoms with van der Waals surface area (Å²) >= 11 is 1.57. The zero-order valence-electron chi connectivity index (χ0n) is 11.8. The molecule has 1 aliphatic carbocycles. The number of thiazole rings is 1. The molecular formula is C14H21NO3S. The second-order valence-corrected chi connectivity index (χ2v) is 6.11. The molecule has 0 N–H and O–H groups in total. The van der Waals surface area contributed by atoms with Crippen molar-refractivity contribution in [2.45, 2.75) is 51.6 Å². The molecule has 5 heteroatoms. The van der Waals surface area contributed by atoms with Gasteiger partial charge in [-0.05, 0) is 26.7 Å². The molecule has 0 bridgehead atoms. The van der Waals surface area contributed by atoms with Gasteiger partial charge in [-0.2, -0.15) is 0 Å². The van der Waals surface area contributed by atoms with E-state index in [9.17, 15) is 4.79 Å². The predicted octanol–water partition coefficient (Wildman–Crippen LogP) is 3.43. The molecule has 0 aliphatic heterocycles. The molecule has 0 unspecified atom stereocenters. The lowest BCUT2D eigenvalue weighted by atomic mass is 9.85. The number of hydrogen-bond acceptors (Lipinski definition) is 5. The van der Waals surface area contributed by atoms with E-state index in [4.69, 9.17) is 9.47 Å². The molecule has 0 aromatic carbocycles. The van der Waals surface area contributed by atoms with Crippen molar-refractivity contribution in [2.75, 3.05) is 13.7 Å². The topological polar surface area (TPSA) is 48.4 Å². The van der Waals surface area contributed by atoms with Crippen LogP contribution in [0.5, 0.6) is 0 Å². The van der Waals surface area contributed by atoms with Crippen LogP contribution in [0.1, 0.15) is 59.4 Å². The van der Waals surface area contributed by atoms with Crippen molar-refractivity contribution in [2.24, 2.45) is 0 Å². The van der Waals surface area contributed by atoms with Crippen molar-refractivity contribution < 1.29 is 14.3 Å². The summed E-state index contributed by atoms with van der Waals surface area (Å²) in [6.07, 6.45) is 5.56. The fourth-order valence-electron chi connectivity index (χ4n) is 2.70. The molecule has 1 fully saturated rings. The third kappa shape index (κ3) is 2.82. The number of nitrogens with zero attached hydrogens (tertiary/aromatic N) is 1. The number of aromatic nitrogens is 1. The quantitative estimate of drug-likeness (QED) is 0.794. The van der Waals surface area contributed by atoms with Gasteiger partial charge < -0.3 is 9.47 Å². The minimum absolute atomic E-state index is 0.283. The molecule has 0 radical (unpaired) electrons. The van der Waals surface area contributed by atoms with Crippen LogP contribution in [0.2, 0.25) is 0 Å². The Labute approximate surface area is 118 Å². The summed E-state index contributed by atoms with van der Waals surface area (Å²) in [5, 5.41) is 0.937. The Morgan fingerprint density at radius 2 is 2.05 bits per heavy atom. The Hall–Kier alpha value is -0.940. The van der Waals surface area contributed by atoms with Crippen molar-refractivity contribution in [3.63, 3.8) is 0 Å². The van der Waals surface area contributed by atoms with E-state index in [-0.39, 0.29) is 11.6 Å². The van der Waals surface area contributed by atoms with Crippen LogP contribution in [-0.4, -0.2) is 24.7 Å². The second kappa shape index (κ2) is 6.01. The number of carbonyl (C=O) groups is 1. The number of aryl methyl sites for hydroxylation is 1. The van der Waals surface area contributed by atoms with Gasteiger partial charge in [-0.25, -0.2) is 9.78 Å². The molecule has 0 atom stereocenters. The number of ether oxygens (including phenoxy) is 2. The molecule has 19 heavy (non-hydrogen) atoms. The smallest absolute Gasteiger partial charge is 0.357 e. The molecule has 2 rings (SSSR count). The SMILES string of the molecule is CCOC1(c2nc(C(=O)OC)c(C)s2)CCCCC1. The van der Waals surface area contributed by atoms with Crippen molar-refractivity contribution >= 4 is 17.3 Å². The number of carbonyl (C=O) groups excluding carboxylic acids is 1. The van der Waals surface area contributed by atoms with Gasteiger partial charge in [0.15, 0.2) is 5.69 Å². The summed E-state index contributed by atoms with van der Waals surface area (Å²) in [5.41, 5.74) is 0.154. The molecule has 1 aliphatic rings. The zero-order valence-corrected chi connectivity index (χ0v) is 12.6. The van der Waals surface area contributed by atoms with Crippen LogP contribution < -0.4 is 0 Å². The molecule has 1 aromatic rings. The molecule has 0 saturated heterocycles. The summed E-state index contributed by atoms with van der Waals surface area (Å²) in [5.74, 6) is -0.359. The van der Waals surface area contributed by atoms with Gasteiger partial charge in [-0.15, -0.1) is 11.3 Å². The Bertz CT molecular complexity index is 444. The highest BCUT2D eigenvalue weighted by Gasteiger charge is 2.38. The van der Waals surface area contributed by atoms with E-state index < -0.39 is 0 Å². The van der Waals surface area contributed by atoms with Crippen molar-refractivity contribution in [1.29, 1.82) is 0 Å². The van der Waals surface area contributed by atoms with Gasteiger partial charge in [0, 0.05) is 11.5 Å². The minimum atomic E-state index is -0.359. The first-order chi connectivity index (χ1) is 9.13. The summed E-state index contributed by atoms with van der Waals surface area (Å²) in [4.78, 5) is 17.1. The number of hydrogen-bond donors (Lipinski definition) is 0. The Morgan fingerprint density at radius 3 is 2.63 bits per heavy atom. The highest BCUT2D eigenvalue weighted by Crippen LogP contribution is 2.42. The van der Waals surface area contributed by atoms with Crippen molar-refractivity contribution in [3.05, 3.63) is 15.6 Å². The maximum Gasteiger partial charge on any atom is 0.357 e. The van der Waals surface area contributed by atoms with Crippen LogP contribution in [0.4, 0.5) is 0 Å². The Kier molecular flexibility index (Phi) is 4.58. The van der Waals surface area contributed by atoms with Crippen molar-refractivity contribution in [1.82, 2.24) is 4.98 Å². The maximum absolute atomic E-state index is 11.7. The van der Waals surface area contributed by atoms with Gasteiger partial charge in [0.1, 0.15) is 10.6 Å². The van der Waals surface area contributed by atoms with E-state index >= 15 is 0 Å². The largest absolute Gasteiger partial charge is 0.464 e. The monoisotopic (exact) mass is 283 g/mol. The number of methoxy groups -OCH3 is 1. The van der Waals surface area contributed by atoms with Crippen LogP contribution in [0.3, 0.4) is 0 Å². The van der Waals surface area contributed by atoms with Gasteiger partial charge in [-0.3, -0.25) is 0 Å². The van der Waals surface area contributed by atoms with E-state index in [1.54, 1.807) is 11.3 Å².